The van der Waals surface area contributed by atoms with E-state index in [4.69, 9.17) is 15.2 Å². The molecule has 1 unspecified atom stereocenters. The third-order valence-electron chi connectivity index (χ3n) is 3.20. The standard InChI is InChI=1S/C14H13N3O2/c1-8-4-3-5-11-12(8)19-14(17-11)6-9(2)18-13(16)10(14)7-15/h3-6,17H,16H2,1-2H3. The Morgan fingerprint density at radius 3 is 2.84 bits per heavy atom. The van der Waals surface area contributed by atoms with Crippen molar-refractivity contribution < 1.29 is 9.47 Å². The lowest BCUT2D eigenvalue weighted by molar-refractivity contribution is 0.174. The molecule has 0 aromatic heterocycles. The Bertz CT molecular complexity index is 670. The first-order chi connectivity index (χ1) is 9.05. The van der Waals surface area contributed by atoms with Crippen LogP contribution in [0.15, 0.2) is 41.5 Å². The molecule has 2 aliphatic rings. The molecule has 3 N–H and O–H groups in total. The average molecular weight is 255 g/mol. The summed E-state index contributed by atoms with van der Waals surface area (Å²) in [4.78, 5) is 0. The van der Waals surface area contributed by atoms with Gasteiger partial charge in [-0.15, -0.1) is 0 Å². The number of para-hydroxylation sites is 1. The summed E-state index contributed by atoms with van der Waals surface area (Å²) in [7, 11) is 0. The summed E-state index contributed by atoms with van der Waals surface area (Å²) < 4.78 is 11.3. The molecule has 19 heavy (non-hydrogen) atoms. The van der Waals surface area contributed by atoms with Crippen molar-refractivity contribution in [2.75, 3.05) is 5.32 Å². The number of ether oxygens (including phenoxy) is 2. The maximum absolute atomic E-state index is 9.30. The number of nitrogens with two attached hydrogens (primary N) is 1. The molecule has 2 aliphatic heterocycles. The van der Waals surface area contributed by atoms with Crippen molar-refractivity contribution in [1.82, 2.24) is 0 Å². The van der Waals surface area contributed by atoms with Gasteiger partial charge in [-0.05, 0) is 25.5 Å². The van der Waals surface area contributed by atoms with Crippen LogP contribution < -0.4 is 15.8 Å². The molecule has 5 heteroatoms. The van der Waals surface area contributed by atoms with Crippen LogP contribution in [-0.4, -0.2) is 5.72 Å². The minimum atomic E-state index is -1.06. The molecule has 0 aliphatic carbocycles. The van der Waals surface area contributed by atoms with E-state index in [0.29, 0.717) is 5.76 Å². The van der Waals surface area contributed by atoms with Crippen LogP contribution in [0.25, 0.3) is 0 Å². The van der Waals surface area contributed by atoms with Crippen molar-refractivity contribution in [2.45, 2.75) is 19.6 Å². The van der Waals surface area contributed by atoms with E-state index in [2.05, 4.69) is 11.4 Å². The van der Waals surface area contributed by atoms with Crippen LogP contribution in [0, 0.1) is 18.3 Å². The van der Waals surface area contributed by atoms with Crippen molar-refractivity contribution in [3.63, 3.8) is 0 Å². The van der Waals surface area contributed by atoms with Crippen LogP contribution in [0.1, 0.15) is 12.5 Å². The molecule has 1 atom stereocenters. The molecular weight excluding hydrogens is 242 g/mol. The normalized spacial score (nSPS) is 23.9. The van der Waals surface area contributed by atoms with Gasteiger partial charge in [0.2, 0.25) is 11.6 Å². The summed E-state index contributed by atoms with van der Waals surface area (Å²) in [6.45, 7) is 3.72. The lowest BCUT2D eigenvalue weighted by atomic mass is 10.0. The largest absolute Gasteiger partial charge is 0.457 e. The Morgan fingerprint density at radius 2 is 2.16 bits per heavy atom. The zero-order valence-electron chi connectivity index (χ0n) is 10.7. The molecule has 1 spiro atoms. The molecule has 3 rings (SSSR count). The van der Waals surface area contributed by atoms with E-state index in [0.717, 1.165) is 17.0 Å². The second-order valence-corrected chi connectivity index (χ2v) is 4.62. The van der Waals surface area contributed by atoms with Gasteiger partial charge in [0.25, 0.3) is 0 Å². The fraction of sp³-hybridized carbons (Fsp3) is 0.214. The highest BCUT2D eigenvalue weighted by atomic mass is 16.5. The van der Waals surface area contributed by atoms with Gasteiger partial charge in [0.05, 0.1) is 5.69 Å². The molecule has 96 valence electrons. The predicted octanol–water partition coefficient (Wildman–Crippen LogP) is 2.12. The van der Waals surface area contributed by atoms with E-state index < -0.39 is 5.72 Å². The van der Waals surface area contributed by atoms with Gasteiger partial charge < -0.3 is 20.5 Å². The Morgan fingerprint density at radius 1 is 1.37 bits per heavy atom. The third-order valence-corrected chi connectivity index (χ3v) is 3.20. The van der Waals surface area contributed by atoms with E-state index in [1.54, 1.807) is 13.0 Å². The summed E-state index contributed by atoms with van der Waals surface area (Å²) in [5.74, 6) is 1.39. The van der Waals surface area contributed by atoms with Crippen molar-refractivity contribution in [2.24, 2.45) is 5.73 Å². The topological polar surface area (TPSA) is 80.3 Å². The highest BCUT2D eigenvalue weighted by Crippen LogP contribution is 2.44. The molecule has 0 saturated heterocycles. The minimum absolute atomic E-state index is 0.0699. The van der Waals surface area contributed by atoms with Gasteiger partial charge in [-0.3, -0.25) is 0 Å². The van der Waals surface area contributed by atoms with E-state index in [1.807, 2.05) is 25.1 Å². The van der Waals surface area contributed by atoms with Crippen LogP contribution in [0.4, 0.5) is 5.69 Å². The van der Waals surface area contributed by atoms with Gasteiger partial charge in [-0.1, -0.05) is 12.1 Å². The number of hydrogen-bond donors (Lipinski definition) is 2. The van der Waals surface area contributed by atoms with Gasteiger partial charge in [-0.2, -0.15) is 5.26 Å². The van der Waals surface area contributed by atoms with Gasteiger partial charge >= 0.3 is 0 Å². The Labute approximate surface area is 110 Å². The first-order valence-electron chi connectivity index (χ1n) is 5.90. The van der Waals surface area contributed by atoms with Crippen molar-refractivity contribution in [1.29, 1.82) is 5.26 Å². The predicted molar refractivity (Wildman–Crippen MR) is 69.8 cm³/mol. The molecule has 2 heterocycles. The molecular formula is C14H13N3O2. The number of allylic oxidation sites excluding steroid dienone is 1. The summed E-state index contributed by atoms with van der Waals surface area (Å²) >= 11 is 0. The molecule has 0 amide bonds. The van der Waals surface area contributed by atoms with Crippen LogP contribution in [-0.2, 0) is 4.74 Å². The lowest BCUT2D eigenvalue weighted by Gasteiger charge is -2.30. The molecule has 0 saturated carbocycles. The summed E-state index contributed by atoms with van der Waals surface area (Å²) in [5, 5.41) is 12.5. The smallest absolute Gasteiger partial charge is 0.245 e. The number of anilines is 1. The second-order valence-electron chi connectivity index (χ2n) is 4.62. The Hall–Kier alpha value is -2.61. The van der Waals surface area contributed by atoms with Gasteiger partial charge in [0.1, 0.15) is 17.6 Å². The highest BCUT2D eigenvalue weighted by molar-refractivity contribution is 5.69. The molecule has 0 radical (unpaired) electrons. The average Bonchev–Trinajstić information content (AvgIpc) is 2.68. The highest BCUT2D eigenvalue weighted by Gasteiger charge is 2.46. The maximum Gasteiger partial charge on any atom is 0.245 e. The molecule has 1 aromatic carbocycles. The fourth-order valence-corrected chi connectivity index (χ4v) is 2.39. The van der Waals surface area contributed by atoms with Crippen LogP contribution in [0.5, 0.6) is 5.75 Å². The number of nitrogens with zero attached hydrogens (tertiary/aromatic N) is 1. The number of fused-ring (bicyclic) bond motifs is 1. The van der Waals surface area contributed by atoms with Gasteiger partial charge in [0, 0.05) is 6.08 Å². The summed E-state index contributed by atoms with van der Waals surface area (Å²) in [5.41, 5.74) is 6.79. The summed E-state index contributed by atoms with van der Waals surface area (Å²) in [6, 6.07) is 7.84. The van der Waals surface area contributed by atoms with Crippen LogP contribution in [0.3, 0.4) is 0 Å². The SMILES string of the molecule is CC1=CC2(Nc3cccc(C)c3O2)C(C#N)=C(N)O1. The van der Waals surface area contributed by atoms with E-state index in [1.165, 1.54) is 0 Å². The zero-order valence-corrected chi connectivity index (χ0v) is 10.7. The first kappa shape index (κ1) is 11.5. The third kappa shape index (κ3) is 1.54. The van der Waals surface area contributed by atoms with E-state index in [9.17, 15) is 5.26 Å². The quantitative estimate of drug-likeness (QED) is 0.742. The van der Waals surface area contributed by atoms with Crippen LogP contribution >= 0.6 is 0 Å². The molecule has 5 nitrogen and oxygen atoms in total. The maximum atomic E-state index is 9.30. The Balaban J connectivity index is 2.15. The number of nitrogens with one attached hydrogen (secondary N) is 1. The molecule has 1 aromatic rings. The summed E-state index contributed by atoms with van der Waals surface area (Å²) in [6.07, 6.45) is 1.72. The van der Waals surface area contributed by atoms with Gasteiger partial charge in [0.15, 0.2) is 5.57 Å². The second kappa shape index (κ2) is 3.69. The molecule has 0 bridgehead atoms. The number of benzene rings is 1. The number of aryl methyl sites for hydroxylation is 1. The van der Waals surface area contributed by atoms with Crippen LogP contribution in [0.2, 0.25) is 0 Å². The fourth-order valence-electron chi connectivity index (χ4n) is 2.39. The number of rotatable bonds is 0. The number of hydrogen-bond acceptors (Lipinski definition) is 5. The lowest BCUT2D eigenvalue weighted by Crippen LogP contribution is -2.44. The van der Waals surface area contributed by atoms with Crippen molar-refractivity contribution in [3.05, 3.63) is 47.1 Å². The Kier molecular flexibility index (Phi) is 2.23. The molecule has 0 fully saturated rings. The van der Waals surface area contributed by atoms with Crippen molar-refractivity contribution >= 4 is 5.69 Å². The number of nitriles is 1. The van der Waals surface area contributed by atoms with Crippen molar-refractivity contribution in [3.8, 4) is 11.8 Å². The van der Waals surface area contributed by atoms with Gasteiger partial charge in [-0.25, -0.2) is 0 Å². The zero-order chi connectivity index (χ0) is 13.6. The van der Waals surface area contributed by atoms with E-state index in [-0.39, 0.29) is 11.5 Å². The minimum Gasteiger partial charge on any atom is -0.457 e. The van der Waals surface area contributed by atoms with E-state index >= 15 is 0 Å². The first-order valence-corrected chi connectivity index (χ1v) is 5.90. The monoisotopic (exact) mass is 255 g/mol.